The van der Waals surface area contributed by atoms with Crippen molar-refractivity contribution in [2.45, 2.75) is 37.8 Å². The van der Waals surface area contributed by atoms with Gasteiger partial charge in [-0.25, -0.2) is 14.6 Å². The van der Waals surface area contributed by atoms with Crippen molar-refractivity contribution in [2.24, 2.45) is 4.99 Å². The van der Waals surface area contributed by atoms with Crippen molar-refractivity contribution >= 4 is 58.4 Å². The molecule has 11 heteroatoms. The molecule has 1 atom stereocenters. The number of nitrogens with zero attached hydrogens (tertiary/aromatic N) is 2. The van der Waals surface area contributed by atoms with E-state index in [4.69, 9.17) is 30.5 Å². The monoisotopic (exact) mass is 698 g/mol. The van der Waals surface area contributed by atoms with Crippen LogP contribution in [0.1, 0.15) is 54.1 Å². The number of hydrogen-bond acceptors (Lipinski definition) is 9. The minimum atomic E-state index is -0.790. The molecule has 1 aliphatic rings. The summed E-state index contributed by atoms with van der Waals surface area (Å²) in [5.74, 6) is -0.278. The van der Waals surface area contributed by atoms with Gasteiger partial charge in [0.05, 0.1) is 40.1 Å². The number of fused-ring (bicyclic) bond motifs is 1. The maximum absolute atomic E-state index is 14.2. The quantitative estimate of drug-likeness (QED) is 0.119. The number of carbonyl (C=O) groups excluding carboxylic acids is 2. The highest BCUT2D eigenvalue weighted by atomic mass is 35.5. The number of aromatic nitrogens is 1. The van der Waals surface area contributed by atoms with Gasteiger partial charge in [-0.1, -0.05) is 65.4 Å². The zero-order chi connectivity index (χ0) is 33.9. The van der Waals surface area contributed by atoms with Crippen LogP contribution in [0.4, 0.5) is 0 Å². The van der Waals surface area contributed by atoms with Gasteiger partial charge in [-0.15, -0.1) is 11.8 Å². The Morgan fingerprint density at radius 2 is 1.79 bits per heavy atom. The largest absolute Gasteiger partial charge is 0.463 e. The van der Waals surface area contributed by atoms with Gasteiger partial charge in [0.2, 0.25) is 0 Å². The highest BCUT2D eigenvalue weighted by molar-refractivity contribution is 7.98. The number of thiazole rings is 1. The van der Waals surface area contributed by atoms with Crippen molar-refractivity contribution in [3.63, 3.8) is 0 Å². The predicted molar refractivity (Wildman–Crippen MR) is 189 cm³/mol. The fraction of sp³-hybridized carbons (Fsp3) is 0.189. The topological polar surface area (TPSA) is 100 Å². The van der Waals surface area contributed by atoms with Crippen molar-refractivity contribution in [2.75, 3.05) is 12.9 Å². The number of furan rings is 1. The number of rotatable bonds is 9. The lowest BCUT2D eigenvalue weighted by Gasteiger charge is -2.26. The van der Waals surface area contributed by atoms with Gasteiger partial charge in [-0.2, -0.15) is 0 Å². The Morgan fingerprint density at radius 1 is 1.04 bits per heavy atom. The highest BCUT2D eigenvalue weighted by Crippen LogP contribution is 2.36. The first-order valence-electron chi connectivity index (χ1n) is 15.2. The highest BCUT2D eigenvalue weighted by Gasteiger charge is 2.35. The van der Waals surface area contributed by atoms with E-state index in [0.29, 0.717) is 42.7 Å². The summed E-state index contributed by atoms with van der Waals surface area (Å²) in [6.45, 7) is 5.46. The molecule has 5 aromatic rings. The molecule has 0 spiro atoms. The van der Waals surface area contributed by atoms with Crippen LogP contribution in [0.25, 0.3) is 23.1 Å². The minimum absolute atomic E-state index is 0.164. The van der Waals surface area contributed by atoms with Gasteiger partial charge in [-0.3, -0.25) is 9.36 Å². The lowest BCUT2D eigenvalue weighted by atomic mass is 9.93. The van der Waals surface area contributed by atoms with Gasteiger partial charge in [0.1, 0.15) is 11.5 Å². The van der Waals surface area contributed by atoms with E-state index in [0.717, 1.165) is 16.0 Å². The van der Waals surface area contributed by atoms with E-state index in [2.05, 4.69) is 0 Å². The number of thioether (sulfide) groups is 1. The van der Waals surface area contributed by atoms with E-state index in [1.807, 2.05) is 60.9 Å². The SMILES string of the molecule is CCOC(=O)C1=C(c2ccccc2)N=c2s/c(=C/c3ccc(-c4cc(Cl)ccc4C(=O)OC(C)C)o3)c(=O)n2[C@@H]1c1ccc(SC)cc1. The van der Waals surface area contributed by atoms with Crippen molar-refractivity contribution < 1.29 is 23.5 Å². The van der Waals surface area contributed by atoms with Gasteiger partial charge < -0.3 is 13.9 Å². The van der Waals surface area contributed by atoms with Crippen LogP contribution in [0.5, 0.6) is 0 Å². The molecule has 3 heterocycles. The molecule has 8 nitrogen and oxygen atoms in total. The maximum Gasteiger partial charge on any atom is 0.339 e. The molecule has 0 aliphatic carbocycles. The molecule has 0 amide bonds. The van der Waals surface area contributed by atoms with Crippen molar-refractivity contribution in [1.29, 1.82) is 0 Å². The predicted octanol–water partition coefficient (Wildman–Crippen LogP) is 7.14. The number of halogens is 1. The van der Waals surface area contributed by atoms with Crippen LogP contribution >= 0.6 is 34.7 Å². The average molecular weight is 699 g/mol. The van der Waals surface area contributed by atoms with Crippen molar-refractivity contribution in [3.8, 4) is 11.3 Å². The molecule has 0 bridgehead atoms. The molecule has 0 unspecified atom stereocenters. The molecule has 1 aliphatic heterocycles. The molecule has 2 aromatic heterocycles. The molecule has 0 radical (unpaired) electrons. The van der Waals surface area contributed by atoms with E-state index in [1.54, 1.807) is 73.5 Å². The lowest BCUT2D eigenvalue weighted by Crippen LogP contribution is -2.40. The summed E-state index contributed by atoms with van der Waals surface area (Å²) in [5, 5.41) is 0.426. The second-order valence-electron chi connectivity index (χ2n) is 11.1. The molecule has 48 heavy (non-hydrogen) atoms. The molecule has 0 saturated heterocycles. The van der Waals surface area contributed by atoms with Crippen molar-refractivity contribution in [3.05, 3.63) is 138 Å². The molecule has 0 fully saturated rings. The zero-order valence-corrected chi connectivity index (χ0v) is 28.9. The number of carbonyl (C=O) groups is 2. The molecule has 0 saturated carbocycles. The fourth-order valence-corrected chi connectivity index (χ4v) is 6.98. The average Bonchev–Trinajstić information content (AvgIpc) is 3.68. The van der Waals surface area contributed by atoms with Gasteiger partial charge in [0.15, 0.2) is 4.80 Å². The smallest absolute Gasteiger partial charge is 0.339 e. The number of esters is 2. The molecular formula is C37H31ClN2O6S2. The second kappa shape index (κ2) is 14.2. The number of ether oxygens (including phenoxy) is 2. The maximum atomic E-state index is 14.2. The summed E-state index contributed by atoms with van der Waals surface area (Å²) >= 11 is 9.08. The van der Waals surface area contributed by atoms with E-state index >= 15 is 0 Å². The summed E-state index contributed by atoms with van der Waals surface area (Å²) in [5.41, 5.74) is 2.63. The molecule has 6 rings (SSSR count). The molecule has 3 aromatic carbocycles. The van der Waals surface area contributed by atoms with Crippen LogP contribution in [-0.2, 0) is 14.3 Å². The van der Waals surface area contributed by atoms with E-state index in [-0.39, 0.29) is 23.8 Å². The minimum Gasteiger partial charge on any atom is -0.463 e. The first-order valence-corrected chi connectivity index (χ1v) is 17.6. The van der Waals surface area contributed by atoms with Crippen LogP contribution in [0.2, 0.25) is 5.02 Å². The Bertz CT molecular complexity index is 2220. The van der Waals surface area contributed by atoms with Crippen molar-refractivity contribution in [1.82, 2.24) is 4.57 Å². The summed E-state index contributed by atoms with van der Waals surface area (Å²) in [4.78, 5) is 47.1. The lowest BCUT2D eigenvalue weighted by molar-refractivity contribution is -0.138. The third-order valence-electron chi connectivity index (χ3n) is 7.52. The summed E-state index contributed by atoms with van der Waals surface area (Å²) in [7, 11) is 0. The summed E-state index contributed by atoms with van der Waals surface area (Å²) in [6, 6.07) is 24.7. The normalized spacial score (nSPS) is 14.5. The molecule has 244 valence electrons. The van der Waals surface area contributed by atoms with E-state index < -0.39 is 18.0 Å². The third-order valence-corrected chi connectivity index (χ3v) is 9.48. The first-order chi connectivity index (χ1) is 23.2. The molecular weight excluding hydrogens is 668 g/mol. The summed E-state index contributed by atoms with van der Waals surface area (Å²) < 4.78 is 19.0. The van der Waals surface area contributed by atoms with Crippen LogP contribution < -0.4 is 14.9 Å². The second-order valence-corrected chi connectivity index (χ2v) is 13.4. The molecule has 0 N–H and O–H groups in total. The van der Waals surface area contributed by atoms with Gasteiger partial charge >= 0.3 is 11.9 Å². The first kappa shape index (κ1) is 33.3. The fourth-order valence-electron chi connectivity index (χ4n) is 5.42. The third kappa shape index (κ3) is 6.69. The van der Waals surface area contributed by atoms with Crippen LogP contribution in [0.15, 0.2) is 110 Å². The number of hydrogen-bond donors (Lipinski definition) is 0. The Labute approximate surface area is 290 Å². The Morgan fingerprint density at radius 3 is 2.48 bits per heavy atom. The Kier molecular flexibility index (Phi) is 9.86. The zero-order valence-electron chi connectivity index (χ0n) is 26.6. The Hall–Kier alpha value is -4.64. The number of benzene rings is 3. The van der Waals surface area contributed by atoms with E-state index in [9.17, 15) is 14.4 Å². The van der Waals surface area contributed by atoms with Gasteiger partial charge in [0, 0.05) is 27.1 Å². The van der Waals surface area contributed by atoms with Gasteiger partial charge in [0.25, 0.3) is 5.56 Å². The van der Waals surface area contributed by atoms with Crippen LogP contribution in [-0.4, -0.2) is 35.5 Å². The van der Waals surface area contributed by atoms with E-state index in [1.165, 1.54) is 11.3 Å². The Balaban J connectivity index is 1.52. The standard InChI is InChI=1S/C37H31ClN2O6S2/c1-5-44-36(43)31-32(22-9-7-6-8-10-22)39-37-40(33(31)23-11-15-26(47-4)16-12-23)34(41)30(48-37)20-25-14-18-29(46-25)28-19-24(38)13-17-27(28)35(42)45-21(2)3/h6-21,33H,5H2,1-4H3/b30-20+/t33-/m1/s1. The van der Waals surface area contributed by atoms with Gasteiger partial charge in [-0.05, 0) is 75.1 Å². The van der Waals surface area contributed by atoms with Crippen LogP contribution in [0.3, 0.4) is 0 Å². The van der Waals surface area contributed by atoms with Crippen LogP contribution in [0, 0.1) is 0 Å². The summed E-state index contributed by atoms with van der Waals surface area (Å²) in [6.07, 6.45) is 3.31.